The van der Waals surface area contributed by atoms with Crippen LogP contribution < -0.4 is 14.8 Å². The molecule has 3 aromatic rings. The summed E-state index contributed by atoms with van der Waals surface area (Å²) in [6.45, 7) is 0.618. The summed E-state index contributed by atoms with van der Waals surface area (Å²) in [6.07, 6.45) is 0.722. The number of rotatable bonds is 6. The highest BCUT2D eigenvalue weighted by molar-refractivity contribution is 7.89. The van der Waals surface area contributed by atoms with Gasteiger partial charge in [0.2, 0.25) is 15.9 Å². The minimum Gasteiger partial charge on any atom is -0.490 e. The number of carbonyl (C=O) groups is 1. The monoisotopic (exact) mass is 459 g/mol. The topological polar surface area (TPSA) is 97.8 Å². The predicted molar refractivity (Wildman–Crippen MR) is 118 cm³/mol. The van der Waals surface area contributed by atoms with Gasteiger partial charge in [0.15, 0.2) is 16.6 Å². The molecule has 0 saturated carbocycles. The van der Waals surface area contributed by atoms with Crippen LogP contribution in [0, 0.1) is 0 Å². The molecule has 1 amide bonds. The Morgan fingerprint density at radius 3 is 2.65 bits per heavy atom. The second-order valence-corrected chi connectivity index (χ2v) is 9.78. The van der Waals surface area contributed by atoms with Crippen molar-refractivity contribution in [2.75, 3.05) is 32.1 Å². The van der Waals surface area contributed by atoms with Crippen molar-refractivity contribution in [3.8, 4) is 22.8 Å². The molecule has 1 aromatic heterocycles. The number of benzene rings is 2. The van der Waals surface area contributed by atoms with Crippen LogP contribution in [0.15, 0.2) is 58.8 Å². The molecule has 1 aliphatic heterocycles. The van der Waals surface area contributed by atoms with Gasteiger partial charge >= 0.3 is 0 Å². The van der Waals surface area contributed by atoms with Crippen LogP contribution in [0.5, 0.6) is 11.5 Å². The molecule has 8 nitrogen and oxygen atoms in total. The third-order valence-corrected chi connectivity index (χ3v) is 7.17. The van der Waals surface area contributed by atoms with Crippen molar-refractivity contribution in [2.24, 2.45) is 0 Å². The maximum Gasteiger partial charge on any atom is 0.243 e. The molecule has 2 aromatic carbocycles. The number of hydrogen-bond acceptors (Lipinski definition) is 7. The van der Waals surface area contributed by atoms with E-state index < -0.39 is 15.9 Å². The molecular weight excluding hydrogens is 438 g/mol. The fraction of sp³-hybridized carbons (Fsp3) is 0.238. The highest BCUT2D eigenvalue weighted by atomic mass is 32.2. The summed E-state index contributed by atoms with van der Waals surface area (Å²) in [7, 11) is -2.53. The number of aromatic nitrogens is 1. The second-order valence-electron chi connectivity index (χ2n) is 6.87. The average Bonchev–Trinajstić information content (AvgIpc) is 3.09. The summed E-state index contributed by atoms with van der Waals surface area (Å²) in [5.74, 6) is 0.414. The van der Waals surface area contributed by atoms with Crippen LogP contribution in [-0.2, 0) is 14.8 Å². The minimum absolute atomic E-state index is 0.0349. The normalized spacial score (nSPS) is 13.6. The summed E-state index contributed by atoms with van der Waals surface area (Å²) in [5.41, 5.74) is 1.68. The van der Waals surface area contributed by atoms with Crippen LogP contribution >= 0.6 is 11.3 Å². The molecule has 0 bridgehead atoms. The Morgan fingerprint density at radius 1 is 1.13 bits per heavy atom. The van der Waals surface area contributed by atoms with Gasteiger partial charge in [-0.2, -0.15) is 4.31 Å². The van der Waals surface area contributed by atoms with Gasteiger partial charge in [0.05, 0.1) is 30.3 Å². The molecule has 31 heavy (non-hydrogen) atoms. The molecule has 0 saturated heterocycles. The molecule has 0 aliphatic carbocycles. The number of ether oxygens (including phenoxy) is 2. The number of nitrogens with zero attached hydrogens (tertiary/aromatic N) is 2. The number of thiazole rings is 1. The number of anilines is 1. The van der Waals surface area contributed by atoms with Gasteiger partial charge in [-0.3, -0.25) is 4.79 Å². The van der Waals surface area contributed by atoms with Crippen LogP contribution in [0.2, 0.25) is 0 Å². The maximum atomic E-state index is 12.9. The second kappa shape index (κ2) is 9.04. The van der Waals surface area contributed by atoms with E-state index >= 15 is 0 Å². The Kier molecular flexibility index (Phi) is 6.21. The lowest BCUT2D eigenvalue weighted by Gasteiger charge is -2.17. The molecule has 0 atom stereocenters. The zero-order valence-electron chi connectivity index (χ0n) is 16.8. The van der Waals surface area contributed by atoms with Gasteiger partial charge < -0.3 is 14.8 Å². The van der Waals surface area contributed by atoms with Crippen molar-refractivity contribution in [3.63, 3.8) is 0 Å². The average molecular weight is 460 g/mol. The van der Waals surface area contributed by atoms with Crippen molar-refractivity contribution >= 4 is 32.4 Å². The van der Waals surface area contributed by atoms with Crippen LogP contribution in [0.4, 0.5) is 5.13 Å². The first kappa shape index (κ1) is 21.3. The first-order chi connectivity index (χ1) is 14.9. The summed E-state index contributed by atoms with van der Waals surface area (Å²) in [4.78, 5) is 16.9. The van der Waals surface area contributed by atoms with Crippen LogP contribution in [0.25, 0.3) is 11.3 Å². The first-order valence-electron chi connectivity index (χ1n) is 9.60. The molecule has 0 radical (unpaired) electrons. The van der Waals surface area contributed by atoms with Gasteiger partial charge in [-0.25, -0.2) is 13.4 Å². The fourth-order valence-corrected chi connectivity index (χ4v) is 4.88. The SMILES string of the molecule is CN(CC(=O)Nc1nc(-c2ccccc2)cs1)S(=O)(=O)c1ccc2c(c1)OCCCO2. The van der Waals surface area contributed by atoms with E-state index in [0.29, 0.717) is 29.8 Å². The summed E-state index contributed by atoms with van der Waals surface area (Å²) >= 11 is 1.28. The predicted octanol–water partition coefficient (Wildman–Crippen LogP) is 3.23. The zero-order valence-corrected chi connectivity index (χ0v) is 18.4. The van der Waals surface area contributed by atoms with E-state index in [9.17, 15) is 13.2 Å². The van der Waals surface area contributed by atoms with E-state index in [1.807, 2.05) is 35.7 Å². The van der Waals surface area contributed by atoms with E-state index in [1.54, 1.807) is 6.07 Å². The smallest absolute Gasteiger partial charge is 0.243 e. The minimum atomic E-state index is -3.89. The highest BCUT2D eigenvalue weighted by Crippen LogP contribution is 2.32. The number of amides is 1. The van der Waals surface area contributed by atoms with Crippen LogP contribution in [0.3, 0.4) is 0 Å². The molecule has 162 valence electrons. The number of likely N-dealkylation sites (N-methyl/N-ethyl adjacent to an activating group) is 1. The van der Waals surface area contributed by atoms with E-state index in [4.69, 9.17) is 9.47 Å². The van der Waals surface area contributed by atoms with Crippen molar-refractivity contribution in [2.45, 2.75) is 11.3 Å². The van der Waals surface area contributed by atoms with Crippen molar-refractivity contribution < 1.29 is 22.7 Å². The van der Waals surface area contributed by atoms with Crippen molar-refractivity contribution in [1.29, 1.82) is 0 Å². The molecule has 0 spiro atoms. The number of sulfonamides is 1. The van der Waals surface area contributed by atoms with Gasteiger partial charge in [0, 0.05) is 30.5 Å². The lowest BCUT2D eigenvalue weighted by atomic mass is 10.2. The first-order valence-corrected chi connectivity index (χ1v) is 11.9. The Morgan fingerprint density at radius 2 is 1.87 bits per heavy atom. The lowest BCUT2D eigenvalue weighted by molar-refractivity contribution is -0.116. The number of nitrogens with one attached hydrogen (secondary N) is 1. The fourth-order valence-electron chi connectivity index (χ4n) is 3.00. The number of hydrogen-bond donors (Lipinski definition) is 1. The standard InChI is InChI=1S/C21H21N3O5S2/c1-24(31(26,27)16-8-9-18-19(12-16)29-11-5-10-28-18)13-20(25)23-21-22-17(14-30-21)15-6-3-2-4-7-15/h2-4,6-9,12,14H,5,10-11,13H2,1H3,(H,22,23,25). The van der Waals surface area contributed by atoms with Gasteiger partial charge in [-0.05, 0) is 12.1 Å². The zero-order chi connectivity index (χ0) is 21.8. The van der Waals surface area contributed by atoms with Crippen LogP contribution in [0.1, 0.15) is 6.42 Å². The van der Waals surface area contributed by atoms with Gasteiger partial charge in [0.25, 0.3) is 0 Å². The largest absolute Gasteiger partial charge is 0.490 e. The lowest BCUT2D eigenvalue weighted by Crippen LogP contribution is -2.35. The highest BCUT2D eigenvalue weighted by Gasteiger charge is 2.25. The molecule has 0 unspecified atom stereocenters. The summed E-state index contributed by atoms with van der Waals surface area (Å²) in [6, 6.07) is 14.0. The Bertz CT molecular complexity index is 1180. The van der Waals surface area contributed by atoms with E-state index in [2.05, 4.69) is 10.3 Å². The Labute approximate surface area is 184 Å². The molecule has 0 fully saturated rings. The molecular formula is C21H21N3O5S2. The Balaban J connectivity index is 1.43. The molecule has 10 heteroatoms. The summed E-state index contributed by atoms with van der Waals surface area (Å²) in [5, 5.41) is 4.91. The van der Waals surface area contributed by atoms with Gasteiger partial charge in [-0.1, -0.05) is 30.3 Å². The van der Waals surface area contributed by atoms with Gasteiger partial charge in [-0.15, -0.1) is 11.3 Å². The van der Waals surface area contributed by atoms with E-state index in [0.717, 1.165) is 22.0 Å². The van der Waals surface area contributed by atoms with E-state index in [1.165, 1.54) is 30.5 Å². The molecule has 1 N–H and O–H groups in total. The third-order valence-electron chi connectivity index (χ3n) is 4.61. The Hall–Kier alpha value is -2.95. The van der Waals surface area contributed by atoms with Crippen molar-refractivity contribution in [1.82, 2.24) is 9.29 Å². The third kappa shape index (κ3) is 4.87. The molecule has 4 rings (SSSR count). The van der Waals surface area contributed by atoms with Crippen molar-refractivity contribution in [3.05, 3.63) is 53.9 Å². The maximum absolute atomic E-state index is 12.9. The van der Waals surface area contributed by atoms with Crippen LogP contribution in [-0.4, -0.2) is 50.4 Å². The van der Waals surface area contributed by atoms with Gasteiger partial charge in [0.1, 0.15) is 0 Å². The van der Waals surface area contributed by atoms with E-state index in [-0.39, 0.29) is 11.4 Å². The quantitative estimate of drug-likeness (QED) is 0.608. The number of fused-ring (bicyclic) bond motifs is 1. The molecule has 1 aliphatic rings. The molecule has 2 heterocycles. The summed E-state index contributed by atoms with van der Waals surface area (Å²) < 4.78 is 37.9. The number of carbonyl (C=O) groups excluding carboxylic acids is 1.